The normalized spacial score (nSPS) is 22.6. The Bertz CT molecular complexity index is 143. The number of carbonyl (C=O) groups is 1. The van der Waals surface area contributed by atoms with Crippen molar-refractivity contribution in [1.82, 2.24) is 5.32 Å². The topological polar surface area (TPSA) is 29.1 Å². The second kappa shape index (κ2) is 3.05. The van der Waals surface area contributed by atoms with Gasteiger partial charge in [0.1, 0.15) is 0 Å². The monoisotopic (exact) mass is 177 g/mol. The summed E-state index contributed by atoms with van der Waals surface area (Å²) in [6.07, 6.45) is 0. The Labute approximate surface area is 68.9 Å². The highest BCUT2D eigenvalue weighted by Gasteiger charge is 2.30. The molecule has 0 radical (unpaired) electrons. The highest BCUT2D eigenvalue weighted by molar-refractivity contribution is 8.77. The third-order valence-corrected chi connectivity index (χ3v) is 4.20. The lowest BCUT2D eigenvalue weighted by Crippen LogP contribution is -2.46. The molecule has 0 unspecified atom stereocenters. The van der Waals surface area contributed by atoms with Gasteiger partial charge in [-0.25, -0.2) is 0 Å². The quantitative estimate of drug-likeness (QED) is 0.612. The van der Waals surface area contributed by atoms with Crippen molar-refractivity contribution in [2.24, 2.45) is 0 Å². The maximum Gasteiger partial charge on any atom is 0.217 e. The van der Waals surface area contributed by atoms with Gasteiger partial charge in [-0.2, -0.15) is 0 Å². The number of carbonyl (C=O) groups excluding carboxylic acids is 1. The molecule has 0 aromatic carbocycles. The Morgan fingerprint density at radius 2 is 2.00 bits per heavy atom. The largest absolute Gasteiger partial charge is 0.349 e. The van der Waals surface area contributed by atoms with Crippen molar-refractivity contribution in [1.29, 1.82) is 0 Å². The number of nitrogens with one attached hydrogen (secondary N) is 1. The molecule has 10 heavy (non-hydrogen) atoms. The summed E-state index contributed by atoms with van der Waals surface area (Å²) in [6, 6.07) is 0. The molecule has 1 rings (SSSR count). The molecule has 0 bridgehead atoms. The van der Waals surface area contributed by atoms with E-state index in [0.717, 1.165) is 11.5 Å². The van der Waals surface area contributed by atoms with E-state index in [1.807, 2.05) is 21.6 Å². The van der Waals surface area contributed by atoms with Crippen LogP contribution < -0.4 is 5.32 Å². The summed E-state index contributed by atoms with van der Waals surface area (Å²) in [4.78, 5) is 10.7. The van der Waals surface area contributed by atoms with E-state index < -0.39 is 0 Å². The van der Waals surface area contributed by atoms with E-state index in [9.17, 15) is 4.79 Å². The lowest BCUT2D eigenvalue weighted by molar-refractivity contribution is -0.120. The lowest BCUT2D eigenvalue weighted by atomic mass is 10.1. The molecule has 0 spiro atoms. The molecule has 1 N–H and O–H groups in total. The molecule has 0 aliphatic carbocycles. The van der Waals surface area contributed by atoms with Crippen LogP contribution in [-0.2, 0) is 4.79 Å². The number of hydrogen-bond acceptors (Lipinski definition) is 3. The lowest BCUT2D eigenvalue weighted by Gasteiger charge is -2.22. The molecule has 0 saturated carbocycles. The van der Waals surface area contributed by atoms with Gasteiger partial charge in [-0.3, -0.25) is 4.79 Å². The van der Waals surface area contributed by atoms with Gasteiger partial charge in [-0.05, 0) is 6.92 Å². The molecule has 1 aliphatic heterocycles. The molecule has 1 aliphatic rings. The summed E-state index contributed by atoms with van der Waals surface area (Å²) in [5.41, 5.74) is 0.0428. The number of hydrogen-bond donors (Lipinski definition) is 1. The highest BCUT2D eigenvalue weighted by Crippen LogP contribution is 2.36. The smallest absolute Gasteiger partial charge is 0.217 e. The summed E-state index contributed by atoms with van der Waals surface area (Å²) >= 11 is 0. The van der Waals surface area contributed by atoms with Crippen LogP contribution in [0, 0.1) is 0 Å². The van der Waals surface area contributed by atoms with Gasteiger partial charge in [0, 0.05) is 18.4 Å². The zero-order valence-electron chi connectivity index (χ0n) is 6.14. The fourth-order valence-electron chi connectivity index (χ4n) is 0.882. The van der Waals surface area contributed by atoms with Crippen LogP contribution in [0.4, 0.5) is 0 Å². The maximum absolute atomic E-state index is 10.7. The molecule has 1 heterocycles. The number of rotatable bonds is 1. The summed E-state index contributed by atoms with van der Waals surface area (Å²) in [7, 11) is 3.65. The Morgan fingerprint density at radius 3 is 2.40 bits per heavy atom. The van der Waals surface area contributed by atoms with Gasteiger partial charge in [0.15, 0.2) is 0 Å². The first-order valence-electron chi connectivity index (χ1n) is 3.16. The standard InChI is InChI=1S/C6H11NOS2/c1-5(8)7-6(2)3-9-10-4-6/h3-4H2,1-2H3,(H,7,8). The fourth-order valence-corrected chi connectivity index (χ4v) is 4.11. The SMILES string of the molecule is CC(=O)NC1(C)CSSC1. The van der Waals surface area contributed by atoms with E-state index in [0.29, 0.717) is 0 Å². The average Bonchev–Trinajstić information content (AvgIpc) is 2.12. The van der Waals surface area contributed by atoms with E-state index in [4.69, 9.17) is 0 Å². The van der Waals surface area contributed by atoms with Crippen LogP contribution in [-0.4, -0.2) is 23.0 Å². The van der Waals surface area contributed by atoms with Crippen molar-refractivity contribution >= 4 is 27.5 Å². The van der Waals surface area contributed by atoms with Gasteiger partial charge in [0.05, 0.1) is 5.54 Å². The zero-order chi connectivity index (χ0) is 7.61. The Kier molecular flexibility index (Phi) is 2.52. The second-order valence-corrected chi connectivity index (χ2v) is 5.23. The van der Waals surface area contributed by atoms with Crippen LogP contribution >= 0.6 is 21.6 Å². The maximum atomic E-state index is 10.7. The molecule has 0 aromatic heterocycles. The van der Waals surface area contributed by atoms with Crippen LogP contribution in [0.5, 0.6) is 0 Å². The Morgan fingerprint density at radius 1 is 1.50 bits per heavy atom. The summed E-state index contributed by atoms with van der Waals surface area (Å²) in [5.74, 6) is 2.12. The van der Waals surface area contributed by atoms with Crippen LogP contribution in [0.1, 0.15) is 13.8 Å². The predicted octanol–water partition coefficient (Wildman–Crippen LogP) is 1.28. The van der Waals surface area contributed by atoms with Gasteiger partial charge in [0.2, 0.25) is 5.91 Å². The summed E-state index contributed by atoms with van der Waals surface area (Å²) < 4.78 is 0. The number of amides is 1. The third-order valence-electron chi connectivity index (χ3n) is 1.32. The van der Waals surface area contributed by atoms with Crippen molar-refractivity contribution in [3.63, 3.8) is 0 Å². The van der Waals surface area contributed by atoms with Gasteiger partial charge in [0.25, 0.3) is 0 Å². The van der Waals surface area contributed by atoms with Crippen molar-refractivity contribution in [3.8, 4) is 0 Å². The minimum atomic E-state index is 0.0428. The first-order valence-corrected chi connectivity index (χ1v) is 5.64. The second-order valence-electron chi connectivity index (χ2n) is 2.77. The van der Waals surface area contributed by atoms with E-state index in [1.165, 1.54) is 0 Å². The van der Waals surface area contributed by atoms with Crippen molar-refractivity contribution in [2.75, 3.05) is 11.5 Å². The minimum absolute atomic E-state index is 0.0428. The first kappa shape index (κ1) is 8.27. The van der Waals surface area contributed by atoms with E-state index in [-0.39, 0.29) is 11.4 Å². The molecular formula is C6H11NOS2. The first-order chi connectivity index (χ1) is 4.62. The van der Waals surface area contributed by atoms with Crippen molar-refractivity contribution < 1.29 is 4.79 Å². The summed E-state index contributed by atoms with van der Waals surface area (Å²) in [5, 5.41) is 2.94. The molecule has 0 aromatic rings. The minimum Gasteiger partial charge on any atom is -0.349 e. The summed E-state index contributed by atoms with van der Waals surface area (Å²) in [6.45, 7) is 3.65. The van der Waals surface area contributed by atoms with Gasteiger partial charge in [-0.1, -0.05) is 21.6 Å². The molecule has 1 fully saturated rings. The van der Waals surface area contributed by atoms with E-state index in [1.54, 1.807) is 6.92 Å². The molecule has 58 valence electrons. The molecule has 1 amide bonds. The molecule has 4 heteroatoms. The fraction of sp³-hybridized carbons (Fsp3) is 0.833. The highest BCUT2D eigenvalue weighted by atomic mass is 33.1. The third kappa shape index (κ3) is 2.09. The average molecular weight is 177 g/mol. The van der Waals surface area contributed by atoms with Crippen LogP contribution in [0.25, 0.3) is 0 Å². The van der Waals surface area contributed by atoms with Crippen LogP contribution in [0.3, 0.4) is 0 Å². The Hall–Kier alpha value is 0.170. The van der Waals surface area contributed by atoms with Gasteiger partial charge >= 0.3 is 0 Å². The zero-order valence-corrected chi connectivity index (χ0v) is 7.77. The molecule has 1 saturated heterocycles. The van der Waals surface area contributed by atoms with Crippen molar-refractivity contribution in [3.05, 3.63) is 0 Å². The van der Waals surface area contributed by atoms with Crippen LogP contribution in [0.2, 0.25) is 0 Å². The molecular weight excluding hydrogens is 166 g/mol. The van der Waals surface area contributed by atoms with Crippen LogP contribution in [0.15, 0.2) is 0 Å². The molecule has 2 nitrogen and oxygen atoms in total. The van der Waals surface area contributed by atoms with E-state index >= 15 is 0 Å². The Balaban J connectivity index is 2.43. The van der Waals surface area contributed by atoms with Crippen molar-refractivity contribution in [2.45, 2.75) is 19.4 Å². The van der Waals surface area contributed by atoms with E-state index in [2.05, 4.69) is 12.2 Å². The predicted molar refractivity (Wildman–Crippen MR) is 47.1 cm³/mol. The van der Waals surface area contributed by atoms with Gasteiger partial charge < -0.3 is 5.32 Å². The van der Waals surface area contributed by atoms with Gasteiger partial charge in [-0.15, -0.1) is 0 Å². The molecule has 0 atom stereocenters.